The Bertz CT molecular complexity index is 3510. The molecule has 0 saturated heterocycles. The smallest absolute Gasteiger partial charge is 0.164 e. The largest absolute Gasteiger partial charge is 0.456 e. The molecular weight excluding hydrogens is 699 g/mol. The van der Waals surface area contributed by atoms with Gasteiger partial charge in [0.25, 0.3) is 0 Å². The molecule has 1 aliphatic carbocycles. The molecule has 0 saturated carbocycles. The second-order valence-electron chi connectivity index (χ2n) is 15.0. The molecule has 0 amide bonds. The van der Waals surface area contributed by atoms with Gasteiger partial charge in [-0.05, 0) is 60.9 Å². The van der Waals surface area contributed by atoms with Gasteiger partial charge < -0.3 is 13.4 Å². The first-order valence-corrected chi connectivity index (χ1v) is 19.5. The molecule has 13 rings (SSSR count). The predicted molar refractivity (Wildman–Crippen MR) is 231 cm³/mol. The highest BCUT2D eigenvalue weighted by Crippen LogP contribution is 2.49. The van der Waals surface area contributed by atoms with E-state index in [9.17, 15) is 0 Å². The van der Waals surface area contributed by atoms with Gasteiger partial charge in [-0.3, -0.25) is 0 Å². The Morgan fingerprint density at radius 2 is 1.11 bits per heavy atom. The topological polar surface area (TPSA) is 61.2 Å². The van der Waals surface area contributed by atoms with Crippen molar-refractivity contribution in [1.82, 2.24) is 23.9 Å². The third-order valence-corrected chi connectivity index (χ3v) is 12.0. The molecule has 266 valence electrons. The van der Waals surface area contributed by atoms with E-state index in [0.717, 1.165) is 68.5 Å². The van der Waals surface area contributed by atoms with Crippen molar-refractivity contribution in [3.05, 3.63) is 169 Å². The first-order chi connectivity index (χ1) is 28.3. The number of hydrogen-bond donors (Lipinski definition) is 0. The first kappa shape index (κ1) is 30.7. The molecule has 0 aliphatic heterocycles. The number of aryl methyl sites for hydroxylation is 1. The maximum atomic E-state index is 6.67. The van der Waals surface area contributed by atoms with Gasteiger partial charge in [0, 0.05) is 55.1 Å². The minimum absolute atomic E-state index is 0.626. The molecule has 0 unspecified atom stereocenters. The average Bonchev–Trinajstić information content (AvgIpc) is 3.91. The highest BCUT2D eigenvalue weighted by molar-refractivity contribution is 6.35. The lowest BCUT2D eigenvalue weighted by molar-refractivity contribution is 0.669. The highest BCUT2D eigenvalue weighted by Gasteiger charge is 2.28. The molecule has 0 spiro atoms. The van der Waals surface area contributed by atoms with Gasteiger partial charge in [0.1, 0.15) is 11.2 Å². The summed E-state index contributed by atoms with van der Waals surface area (Å²) >= 11 is 0. The molecule has 0 bridgehead atoms. The minimum Gasteiger partial charge on any atom is -0.456 e. The lowest BCUT2D eigenvalue weighted by atomic mass is 9.97. The van der Waals surface area contributed by atoms with E-state index in [4.69, 9.17) is 19.4 Å². The van der Waals surface area contributed by atoms with Crippen LogP contribution in [0.2, 0.25) is 0 Å². The number of rotatable bonds is 5. The second kappa shape index (κ2) is 11.5. The summed E-state index contributed by atoms with van der Waals surface area (Å²) < 4.78 is 11.7. The predicted octanol–water partition coefficient (Wildman–Crippen LogP) is 12.8. The number of para-hydroxylation sites is 1. The zero-order valence-electron chi connectivity index (χ0n) is 30.6. The summed E-state index contributed by atoms with van der Waals surface area (Å²) in [6, 6.07) is 53.2. The monoisotopic (exact) mass is 729 g/mol. The summed E-state index contributed by atoms with van der Waals surface area (Å²) in [5.74, 6) is 1.90. The van der Waals surface area contributed by atoms with Gasteiger partial charge in [-0.2, -0.15) is 0 Å². The minimum atomic E-state index is 0.626. The van der Waals surface area contributed by atoms with E-state index in [1.165, 1.54) is 49.2 Å². The molecule has 0 fully saturated rings. The molecule has 6 nitrogen and oxygen atoms in total. The lowest BCUT2D eigenvalue weighted by Gasteiger charge is -2.17. The second-order valence-corrected chi connectivity index (χ2v) is 15.0. The van der Waals surface area contributed by atoms with Crippen LogP contribution in [0.3, 0.4) is 0 Å². The summed E-state index contributed by atoms with van der Waals surface area (Å²) in [5, 5.41) is 6.14. The van der Waals surface area contributed by atoms with Crippen LogP contribution in [-0.4, -0.2) is 23.9 Å². The number of aromatic nitrogens is 5. The Kier molecular flexibility index (Phi) is 6.19. The first-order valence-electron chi connectivity index (χ1n) is 19.5. The van der Waals surface area contributed by atoms with E-state index in [2.05, 4.69) is 136 Å². The zero-order chi connectivity index (χ0) is 37.2. The summed E-state index contributed by atoms with van der Waals surface area (Å²) in [6.45, 7) is 0. The molecule has 12 aromatic rings. The van der Waals surface area contributed by atoms with Crippen molar-refractivity contribution < 1.29 is 4.42 Å². The SMILES string of the molecule is C1=Cc2c(n3c4cccc5c4c4c6c(ccc4n5-c4ccccc4-c4ccccc4-c4nc(-c5ccccc5)nc(-c5ccccc5)n4)oc4ccc2c3c46)CC1. The quantitative estimate of drug-likeness (QED) is 0.177. The summed E-state index contributed by atoms with van der Waals surface area (Å²) in [5.41, 5.74) is 15.3. The molecule has 5 heterocycles. The molecule has 0 N–H and O–H groups in total. The normalized spacial score (nSPS) is 13.1. The van der Waals surface area contributed by atoms with Crippen molar-refractivity contribution in [2.75, 3.05) is 0 Å². The number of furan rings is 1. The Hall–Kier alpha value is -7.57. The molecule has 1 aliphatic rings. The molecular formula is C51H31N5O. The number of benzene rings is 7. The molecule has 0 radical (unpaired) electrons. The van der Waals surface area contributed by atoms with Gasteiger partial charge in [-0.1, -0.05) is 121 Å². The average molecular weight is 730 g/mol. The fraction of sp³-hybridized carbons (Fsp3) is 0.0392. The van der Waals surface area contributed by atoms with Crippen molar-refractivity contribution >= 4 is 66.2 Å². The van der Waals surface area contributed by atoms with E-state index < -0.39 is 0 Å². The van der Waals surface area contributed by atoms with Crippen molar-refractivity contribution in [3.63, 3.8) is 0 Å². The van der Waals surface area contributed by atoms with Crippen LogP contribution in [0, 0.1) is 0 Å². The summed E-state index contributed by atoms with van der Waals surface area (Å²) in [6.07, 6.45) is 6.66. The van der Waals surface area contributed by atoms with Crippen molar-refractivity contribution in [2.24, 2.45) is 0 Å². The van der Waals surface area contributed by atoms with E-state index in [1.807, 2.05) is 36.4 Å². The van der Waals surface area contributed by atoms with E-state index in [-0.39, 0.29) is 0 Å². The Morgan fingerprint density at radius 1 is 0.474 bits per heavy atom. The van der Waals surface area contributed by atoms with Gasteiger partial charge in [-0.25, -0.2) is 15.0 Å². The lowest BCUT2D eigenvalue weighted by Crippen LogP contribution is -2.02. The highest BCUT2D eigenvalue weighted by atomic mass is 16.3. The van der Waals surface area contributed by atoms with Crippen molar-refractivity contribution in [2.45, 2.75) is 12.8 Å². The van der Waals surface area contributed by atoms with Crippen LogP contribution < -0.4 is 0 Å². The maximum absolute atomic E-state index is 6.67. The Morgan fingerprint density at radius 3 is 1.89 bits per heavy atom. The molecule has 6 heteroatoms. The van der Waals surface area contributed by atoms with Crippen LogP contribution in [0.1, 0.15) is 17.7 Å². The fourth-order valence-corrected chi connectivity index (χ4v) is 9.63. The number of hydrogen-bond acceptors (Lipinski definition) is 4. The third kappa shape index (κ3) is 4.21. The maximum Gasteiger partial charge on any atom is 0.164 e. The number of allylic oxidation sites excluding steroid dienone is 1. The van der Waals surface area contributed by atoms with E-state index >= 15 is 0 Å². The Balaban J connectivity index is 1.11. The van der Waals surface area contributed by atoms with Crippen LogP contribution in [0.4, 0.5) is 0 Å². The summed E-state index contributed by atoms with van der Waals surface area (Å²) in [7, 11) is 0. The summed E-state index contributed by atoms with van der Waals surface area (Å²) in [4.78, 5) is 15.3. The standard InChI is InChI=1S/C51H31N5O/c1-3-14-30(15-4-1)49-52-50(31-16-5-2-6-17-31)54-51(53-49)36-21-8-7-18-32(36)33-19-9-11-22-37(33)55-39-24-13-25-40-44(39)45-41(55)27-29-42-46(45)47-43(57-42)28-26-35-34-20-10-12-23-38(34)56(40)48(35)47/h1-11,13-22,24-29H,12,23H2. The molecule has 5 aromatic heterocycles. The fourth-order valence-electron chi connectivity index (χ4n) is 9.63. The van der Waals surface area contributed by atoms with Gasteiger partial charge in [0.15, 0.2) is 17.5 Å². The Labute approximate surface area is 326 Å². The van der Waals surface area contributed by atoms with Crippen LogP contribution in [0.5, 0.6) is 0 Å². The number of fused-ring (bicyclic) bond motifs is 4. The van der Waals surface area contributed by atoms with Gasteiger partial charge in [0.05, 0.1) is 33.1 Å². The van der Waals surface area contributed by atoms with Crippen molar-refractivity contribution in [3.8, 4) is 51.0 Å². The van der Waals surface area contributed by atoms with Crippen molar-refractivity contribution in [1.29, 1.82) is 0 Å². The van der Waals surface area contributed by atoms with Crippen LogP contribution in [-0.2, 0) is 6.42 Å². The molecule has 0 atom stereocenters. The third-order valence-electron chi connectivity index (χ3n) is 12.0. The van der Waals surface area contributed by atoms with Crippen LogP contribution in [0.15, 0.2) is 162 Å². The van der Waals surface area contributed by atoms with E-state index in [0.29, 0.717) is 17.5 Å². The van der Waals surface area contributed by atoms with Crippen LogP contribution >= 0.6 is 0 Å². The van der Waals surface area contributed by atoms with E-state index in [1.54, 1.807) is 0 Å². The number of nitrogens with zero attached hydrogens (tertiary/aromatic N) is 5. The van der Waals surface area contributed by atoms with Crippen LogP contribution in [0.25, 0.3) is 117 Å². The van der Waals surface area contributed by atoms with Gasteiger partial charge >= 0.3 is 0 Å². The van der Waals surface area contributed by atoms with Gasteiger partial charge in [-0.15, -0.1) is 0 Å². The molecule has 57 heavy (non-hydrogen) atoms. The van der Waals surface area contributed by atoms with Gasteiger partial charge in [0.2, 0.25) is 0 Å². The zero-order valence-corrected chi connectivity index (χ0v) is 30.6. The molecule has 7 aromatic carbocycles.